The van der Waals surface area contributed by atoms with Crippen molar-refractivity contribution in [3.05, 3.63) is 179 Å². The molecule has 0 spiro atoms. The molecule has 10 rings (SSSR count). The third-order valence-corrected chi connectivity index (χ3v) is 13.8. The maximum absolute atomic E-state index is 5.24. The Morgan fingerprint density at radius 1 is 0.648 bits per heavy atom. The van der Waals surface area contributed by atoms with Crippen molar-refractivity contribution in [1.29, 1.82) is 0 Å². The molecule has 1 aliphatic carbocycles. The molecule has 9 aromatic rings. The second-order valence-electron chi connectivity index (χ2n) is 20.4. The minimum Gasteiger partial charge on any atom is -0.280 e. The van der Waals surface area contributed by atoms with E-state index in [0.717, 1.165) is 67.7 Å². The van der Waals surface area contributed by atoms with Crippen molar-refractivity contribution >= 4 is 44.9 Å². The molecule has 0 radical (unpaired) electrons. The van der Waals surface area contributed by atoms with Crippen LogP contribution in [0.1, 0.15) is 136 Å². The van der Waals surface area contributed by atoms with Crippen molar-refractivity contribution in [2.45, 2.75) is 139 Å². The zero-order valence-corrected chi connectivity index (χ0v) is 47.2. The first-order valence-electron chi connectivity index (χ1n) is 25.6. The second kappa shape index (κ2) is 22.6. The van der Waals surface area contributed by atoms with E-state index in [1.165, 1.54) is 52.6 Å². The summed E-state index contributed by atoms with van der Waals surface area (Å²) in [5.41, 5.74) is 15.9. The van der Waals surface area contributed by atoms with Crippen LogP contribution >= 0.6 is 0 Å². The van der Waals surface area contributed by atoms with Gasteiger partial charge in [0.1, 0.15) is 23.1 Å². The fourth-order valence-corrected chi connectivity index (χ4v) is 10.7. The average molecular weight is 1120 g/mol. The number of anilines is 3. The largest absolute Gasteiger partial charge is 2.00 e. The van der Waals surface area contributed by atoms with Crippen LogP contribution in [0.5, 0.6) is 0 Å². The van der Waals surface area contributed by atoms with Gasteiger partial charge in [0.05, 0.1) is 22.2 Å². The number of aryl methyl sites for hydroxylation is 3. The zero-order valence-electron chi connectivity index (χ0n) is 44.9. The minimum atomic E-state index is -0.0887. The van der Waals surface area contributed by atoms with E-state index in [1.807, 2.05) is 113 Å². The molecule has 71 heavy (non-hydrogen) atoms. The number of nitrogens with zero attached hydrogens (tertiary/aromatic N) is 6. The van der Waals surface area contributed by atoms with E-state index in [0.29, 0.717) is 5.92 Å². The quantitative estimate of drug-likeness (QED) is 0.142. The van der Waals surface area contributed by atoms with E-state index >= 15 is 0 Å². The number of hydrogen-bond acceptors (Lipinski definition) is 5. The van der Waals surface area contributed by atoms with Crippen molar-refractivity contribution in [2.24, 2.45) is 5.92 Å². The summed E-state index contributed by atoms with van der Waals surface area (Å²) in [7, 11) is 0. The molecular formula is C64H74N6Pt. The Balaban J connectivity index is 0.000000215. The van der Waals surface area contributed by atoms with Crippen LogP contribution in [-0.2, 0) is 37.3 Å². The van der Waals surface area contributed by atoms with Gasteiger partial charge in [-0.1, -0.05) is 150 Å². The van der Waals surface area contributed by atoms with Gasteiger partial charge in [-0.3, -0.25) is 19.3 Å². The number of pyridine rings is 2. The van der Waals surface area contributed by atoms with Gasteiger partial charge in [0.15, 0.2) is 0 Å². The van der Waals surface area contributed by atoms with Crippen LogP contribution in [0, 0.1) is 38.8 Å². The summed E-state index contributed by atoms with van der Waals surface area (Å²) in [6.45, 7) is 33.2. The maximum Gasteiger partial charge on any atom is 2.00 e. The maximum atomic E-state index is 5.24. The number of fused-ring (bicyclic) bond motifs is 6. The Morgan fingerprint density at radius 2 is 1.20 bits per heavy atom. The number of rotatable bonds is 8. The molecule has 1 aliphatic rings. The van der Waals surface area contributed by atoms with Crippen LogP contribution < -0.4 is 4.90 Å². The van der Waals surface area contributed by atoms with E-state index in [9.17, 15) is 0 Å². The number of hydrogen-bond donors (Lipinski definition) is 0. The van der Waals surface area contributed by atoms with Gasteiger partial charge in [-0.25, -0.2) is 9.97 Å². The van der Waals surface area contributed by atoms with Gasteiger partial charge in [0.2, 0.25) is 0 Å². The molecule has 0 aliphatic heterocycles. The molecule has 370 valence electrons. The molecule has 4 heterocycles. The smallest absolute Gasteiger partial charge is 0.280 e. The first-order valence-corrected chi connectivity index (χ1v) is 25.6. The van der Waals surface area contributed by atoms with Crippen molar-refractivity contribution in [3.63, 3.8) is 0 Å². The predicted octanol–water partition coefficient (Wildman–Crippen LogP) is 17.6. The van der Waals surface area contributed by atoms with Crippen LogP contribution in [0.15, 0.2) is 133 Å². The Labute approximate surface area is 439 Å². The number of imidazole rings is 1. The van der Waals surface area contributed by atoms with Crippen LogP contribution in [0.25, 0.3) is 50.1 Å². The molecule has 4 aromatic heterocycles. The minimum absolute atomic E-state index is 0. The SMILES string of the molecule is CC.CC.CCCC(C)C1(C)CC(C)(C)c2cc3c(cc21)nc1c2ccccc2nc(C(C)(C)C)n31.Cc1cc(C)c(N(c2cccc(-c3[c-]cccc3)n2)c2cccc(-c3[c-]cccc3)n2)c(C)c1.[Pt+2]. The van der Waals surface area contributed by atoms with Gasteiger partial charge in [-0.05, 0) is 114 Å². The number of para-hydroxylation sites is 1. The molecule has 0 saturated carbocycles. The molecule has 0 bridgehead atoms. The van der Waals surface area contributed by atoms with Gasteiger partial charge >= 0.3 is 21.1 Å². The normalized spacial score (nSPS) is 15.0. The Kier molecular flexibility index (Phi) is 17.3. The van der Waals surface area contributed by atoms with Crippen molar-refractivity contribution < 1.29 is 21.1 Å². The summed E-state index contributed by atoms with van der Waals surface area (Å²) in [5.74, 6) is 3.35. The third-order valence-electron chi connectivity index (χ3n) is 13.8. The van der Waals surface area contributed by atoms with Gasteiger partial charge in [0.25, 0.3) is 0 Å². The fourth-order valence-electron chi connectivity index (χ4n) is 10.7. The Hall–Kier alpha value is -5.97. The van der Waals surface area contributed by atoms with E-state index in [4.69, 9.17) is 19.9 Å². The molecule has 0 amide bonds. The third kappa shape index (κ3) is 10.9. The molecule has 0 N–H and O–H groups in total. The van der Waals surface area contributed by atoms with E-state index in [1.54, 1.807) is 0 Å². The first kappa shape index (κ1) is 54.4. The molecule has 2 unspecified atom stereocenters. The van der Waals surface area contributed by atoms with Crippen molar-refractivity contribution in [3.8, 4) is 22.5 Å². The topological polar surface area (TPSA) is 59.2 Å². The zero-order chi connectivity index (χ0) is 50.5. The van der Waals surface area contributed by atoms with Crippen LogP contribution in [0.2, 0.25) is 0 Å². The van der Waals surface area contributed by atoms with Crippen LogP contribution in [0.4, 0.5) is 17.3 Å². The monoisotopic (exact) mass is 1120 g/mol. The van der Waals surface area contributed by atoms with Crippen LogP contribution in [-0.4, -0.2) is 24.3 Å². The van der Waals surface area contributed by atoms with Gasteiger partial charge < -0.3 is 0 Å². The van der Waals surface area contributed by atoms with E-state index in [-0.39, 0.29) is 37.3 Å². The summed E-state index contributed by atoms with van der Waals surface area (Å²) in [5, 5.41) is 1.12. The van der Waals surface area contributed by atoms with Crippen molar-refractivity contribution in [1.82, 2.24) is 24.3 Å². The molecule has 0 fully saturated rings. The summed E-state index contributed by atoms with van der Waals surface area (Å²) in [4.78, 5) is 22.6. The van der Waals surface area contributed by atoms with Crippen molar-refractivity contribution in [2.75, 3.05) is 4.90 Å². The van der Waals surface area contributed by atoms with Gasteiger partial charge in [0, 0.05) is 10.8 Å². The number of benzene rings is 5. The summed E-state index contributed by atoms with van der Waals surface area (Å²) in [6, 6.07) is 52.3. The van der Waals surface area contributed by atoms with E-state index < -0.39 is 0 Å². The predicted molar refractivity (Wildman–Crippen MR) is 298 cm³/mol. The summed E-state index contributed by atoms with van der Waals surface area (Å²) >= 11 is 0. The summed E-state index contributed by atoms with van der Waals surface area (Å²) < 4.78 is 2.33. The fraction of sp³-hybridized carbons (Fsp3) is 0.344. The molecule has 2 atom stereocenters. The van der Waals surface area contributed by atoms with Gasteiger partial charge in [-0.2, -0.15) is 0 Å². The molecule has 7 heteroatoms. The molecule has 6 nitrogen and oxygen atoms in total. The second-order valence-corrected chi connectivity index (χ2v) is 20.4. The van der Waals surface area contributed by atoms with Gasteiger partial charge in [-0.15, -0.1) is 71.8 Å². The summed E-state index contributed by atoms with van der Waals surface area (Å²) in [6.07, 6.45) is 3.69. The van der Waals surface area contributed by atoms with E-state index in [2.05, 4.69) is 146 Å². The number of aromatic nitrogens is 5. The molecular weight excluding hydrogens is 1050 g/mol. The Bertz CT molecular complexity index is 3110. The standard InChI is InChI=1S/C31H25N3.C29H37N3.2C2H6.Pt/c1-22-20-23(2)31(24(3)21-22)34(29-18-10-16-27(32-29)25-12-6-4-7-13-25)30-19-11-17-28(33-30)26-14-8-5-9-15-26;1-9-12-18(2)29(8)17-28(6,7)20-16-24-23(15-21(20)29)30-25-19-13-10-11-14-22(19)31-26(32(24)25)27(3,4)5;2*1-2;/h4-12,14,16-21H,1-3H3;10-11,13-16,18H,9,12,17H2,1-8H3;2*1-2H3;/q-2;;;;+2. The molecule has 5 aromatic carbocycles. The average Bonchev–Trinajstić information content (AvgIpc) is 3.84. The Morgan fingerprint density at radius 3 is 1.72 bits per heavy atom. The first-order chi connectivity index (χ1) is 33.6. The van der Waals surface area contributed by atoms with Crippen LogP contribution in [0.3, 0.4) is 0 Å². The molecule has 0 saturated heterocycles.